The maximum absolute atomic E-state index is 13.6. The fourth-order valence-corrected chi connectivity index (χ4v) is 1.82. The lowest BCUT2D eigenvalue weighted by Crippen LogP contribution is -2.02. The highest BCUT2D eigenvalue weighted by Crippen LogP contribution is 2.20. The van der Waals surface area contributed by atoms with Gasteiger partial charge in [-0.1, -0.05) is 23.7 Å². The molecule has 104 valence electrons. The van der Waals surface area contributed by atoms with E-state index in [-0.39, 0.29) is 11.6 Å². The fraction of sp³-hybridized carbons (Fsp3) is 0.133. The van der Waals surface area contributed by atoms with Crippen LogP contribution in [-0.2, 0) is 11.3 Å². The van der Waals surface area contributed by atoms with Crippen molar-refractivity contribution in [3.8, 4) is 5.75 Å². The zero-order valence-corrected chi connectivity index (χ0v) is 11.5. The van der Waals surface area contributed by atoms with Crippen LogP contribution in [0.15, 0.2) is 42.5 Å². The first-order valence-corrected chi connectivity index (χ1v) is 6.23. The highest BCUT2D eigenvalue weighted by Gasteiger charge is 2.08. The van der Waals surface area contributed by atoms with Gasteiger partial charge in [0.2, 0.25) is 0 Å². The quantitative estimate of drug-likeness (QED) is 0.804. The number of benzene rings is 2. The third-order valence-electron chi connectivity index (χ3n) is 2.70. The van der Waals surface area contributed by atoms with E-state index in [4.69, 9.17) is 16.3 Å². The molecule has 0 radical (unpaired) electrons. The van der Waals surface area contributed by atoms with Crippen LogP contribution < -0.4 is 4.74 Å². The molecule has 0 aromatic heterocycles. The van der Waals surface area contributed by atoms with Gasteiger partial charge in [-0.15, -0.1) is 0 Å². The highest BCUT2D eigenvalue weighted by molar-refractivity contribution is 6.30. The van der Waals surface area contributed by atoms with E-state index in [9.17, 15) is 9.18 Å². The summed E-state index contributed by atoms with van der Waals surface area (Å²) in [4.78, 5) is 11.3. The number of methoxy groups -OCH3 is 1. The number of esters is 1. The Morgan fingerprint density at radius 3 is 2.55 bits per heavy atom. The van der Waals surface area contributed by atoms with Crippen LogP contribution in [0.1, 0.15) is 15.9 Å². The predicted molar refractivity (Wildman–Crippen MR) is 73.5 cm³/mol. The van der Waals surface area contributed by atoms with E-state index in [0.717, 1.165) is 0 Å². The summed E-state index contributed by atoms with van der Waals surface area (Å²) in [5, 5.41) is 0.0622. The van der Waals surface area contributed by atoms with E-state index in [1.165, 1.54) is 13.2 Å². The Morgan fingerprint density at radius 1 is 1.20 bits per heavy atom. The van der Waals surface area contributed by atoms with Gasteiger partial charge in [-0.25, -0.2) is 9.18 Å². The summed E-state index contributed by atoms with van der Waals surface area (Å²) in [6.07, 6.45) is 0. The second-order valence-corrected chi connectivity index (χ2v) is 4.42. The molecule has 0 bridgehead atoms. The highest BCUT2D eigenvalue weighted by atomic mass is 35.5. The van der Waals surface area contributed by atoms with Crippen LogP contribution in [0.3, 0.4) is 0 Å². The summed E-state index contributed by atoms with van der Waals surface area (Å²) in [5.41, 5.74) is 0.795. The van der Waals surface area contributed by atoms with E-state index in [1.807, 2.05) is 0 Å². The SMILES string of the molecule is COC(=O)c1ccc(OCc2cccc(Cl)c2F)cc1. The topological polar surface area (TPSA) is 35.5 Å². The van der Waals surface area contributed by atoms with Crippen LogP contribution in [0.25, 0.3) is 0 Å². The smallest absolute Gasteiger partial charge is 0.337 e. The first-order valence-electron chi connectivity index (χ1n) is 5.86. The van der Waals surface area contributed by atoms with Crippen LogP contribution in [-0.4, -0.2) is 13.1 Å². The van der Waals surface area contributed by atoms with Gasteiger partial charge in [0.25, 0.3) is 0 Å². The summed E-state index contributed by atoms with van der Waals surface area (Å²) in [6.45, 7) is 0.0595. The molecule has 0 spiro atoms. The lowest BCUT2D eigenvalue weighted by Gasteiger charge is -2.08. The molecule has 2 aromatic carbocycles. The average molecular weight is 295 g/mol. The first kappa shape index (κ1) is 14.3. The molecule has 0 saturated carbocycles. The van der Waals surface area contributed by atoms with Crippen LogP contribution in [0.4, 0.5) is 4.39 Å². The van der Waals surface area contributed by atoms with Crippen molar-refractivity contribution < 1.29 is 18.7 Å². The summed E-state index contributed by atoms with van der Waals surface area (Å²) < 4.78 is 23.7. The Morgan fingerprint density at radius 2 is 1.90 bits per heavy atom. The molecule has 0 aliphatic carbocycles. The normalized spacial score (nSPS) is 10.2. The first-order chi connectivity index (χ1) is 9.61. The van der Waals surface area contributed by atoms with Gasteiger partial charge in [0, 0.05) is 5.56 Å². The molecule has 0 aliphatic heterocycles. The van der Waals surface area contributed by atoms with E-state index in [2.05, 4.69) is 4.74 Å². The maximum Gasteiger partial charge on any atom is 0.337 e. The van der Waals surface area contributed by atoms with E-state index >= 15 is 0 Å². The molecule has 0 atom stereocenters. The van der Waals surface area contributed by atoms with Gasteiger partial charge < -0.3 is 9.47 Å². The molecule has 0 unspecified atom stereocenters. The molecule has 0 amide bonds. The van der Waals surface area contributed by atoms with E-state index in [1.54, 1.807) is 36.4 Å². The number of rotatable bonds is 4. The number of carbonyl (C=O) groups excluding carboxylic acids is 1. The largest absolute Gasteiger partial charge is 0.489 e. The van der Waals surface area contributed by atoms with Gasteiger partial charge in [-0.3, -0.25) is 0 Å². The molecular weight excluding hydrogens is 283 g/mol. The van der Waals surface area contributed by atoms with Crippen LogP contribution in [0.2, 0.25) is 5.02 Å². The minimum Gasteiger partial charge on any atom is -0.489 e. The number of halogens is 2. The third-order valence-corrected chi connectivity index (χ3v) is 2.99. The van der Waals surface area contributed by atoms with Crippen LogP contribution in [0.5, 0.6) is 5.75 Å². The number of ether oxygens (including phenoxy) is 2. The van der Waals surface area contributed by atoms with Crippen LogP contribution >= 0.6 is 11.6 Å². The van der Waals surface area contributed by atoms with Crippen molar-refractivity contribution in [2.75, 3.05) is 7.11 Å². The lowest BCUT2D eigenvalue weighted by atomic mass is 10.2. The van der Waals surface area contributed by atoms with Gasteiger partial charge in [-0.2, -0.15) is 0 Å². The molecule has 0 aliphatic rings. The Bertz CT molecular complexity index is 611. The molecule has 3 nitrogen and oxygen atoms in total. The maximum atomic E-state index is 13.6. The molecular formula is C15H12ClFO3. The van der Waals surface area contributed by atoms with Crippen molar-refractivity contribution in [2.45, 2.75) is 6.61 Å². The van der Waals surface area contributed by atoms with Crippen molar-refractivity contribution in [3.63, 3.8) is 0 Å². The minimum atomic E-state index is -0.486. The predicted octanol–water partition coefficient (Wildman–Crippen LogP) is 3.84. The third kappa shape index (κ3) is 3.27. The van der Waals surface area contributed by atoms with Gasteiger partial charge in [0.15, 0.2) is 0 Å². The second kappa shape index (κ2) is 6.39. The Kier molecular flexibility index (Phi) is 4.58. The standard InChI is InChI=1S/C15H12ClFO3/c1-19-15(18)10-5-7-12(8-6-10)20-9-11-3-2-4-13(16)14(11)17/h2-8H,9H2,1H3. The zero-order valence-electron chi connectivity index (χ0n) is 10.7. The molecule has 20 heavy (non-hydrogen) atoms. The Balaban J connectivity index is 2.04. The summed E-state index contributed by atoms with van der Waals surface area (Å²) in [6, 6.07) is 11.1. The summed E-state index contributed by atoms with van der Waals surface area (Å²) in [5.74, 6) is -0.380. The van der Waals surface area contributed by atoms with Crippen molar-refractivity contribution in [2.24, 2.45) is 0 Å². The fourth-order valence-electron chi connectivity index (χ4n) is 1.63. The van der Waals surface area contributed by atoms with Crippen molar-refractivity contribution >= 4 is 17.6 Å². The molecule has 0 saturated heterocycles. The minimum absolute atomic E-state index is 0.0595. The Labute approximate surface area is 120 Å². The molecule has 2 rings (SSSR count). The Hall–Kier alpha value is -2.07. The van der Waals surface area contributed by atoms with Crippen molar-refractivity contribution in [1.82, 2.24) is 0 Å². The molecule has 2 aromatic rings. The van der Waals surface area contributed by atoms with E-state index < -0.39 is 11.8 Å². The van der Waals surface area contributed by atoms with E-state index in [0.29, 0.717) is 16.9 Å². The average Bonchev–Trinajstić information content (AvgIpc) is 2.48. The van der Waals surface area contributed by atoms with Crippen molar-refractivity contribution in [3.05, 3.63) is 64.4 Å². The monoisotopic (exact) mass is 294 g/mol. The van der Waals surface area contributed by atoms with Gasteiger partial charge >= 0.3 is 5.97 Å². The number of carbonyl (C=O) groups is 1. The van der Waals surface area contributed by atoms with Gasteiger partial charge in [0.1, 0.15) is 18.2 Å². The molecule has 5 heteroatoms. The molecule has 0 fully saturated rings. The lowest BCUT2D eigenvalue weighted by molar-refractivity contribution is 0.0600. The molecule has 0 heterocycles. The number of hydrogen-bond acceptors (Lipinski definition) is 3. The van der Waals surface area contributed by atoms with Gasteiger partial charge in [0.05, 0.1) is 17.7 Å². The van der Waals surface area contributed by atoms with Crippen LogP contribution in [0, 0.1) is 5.82 Å². The summed E-state index contributed by atoms with van der Waals surface area (Å²) >= 11 is 5.69. The molecule has 0 N–H and O–H groups in total. The number of hydrogen-bond donors (Lipinski definition) is 0. The second-order valence-electron chi connectivity index (χ2n) is 4.02. The van der Waals surface area contributed by atoms with Gasteiger partial charge in [-0.05, 0) is 30.3 Å². The van der Waals surface area contributed by atoms with Crippen molar-refractivity contribution in [1.29, 1.82) is 0 Å². The summed E-state index contributed by atoms with van der Waals surface area (Å²) in [7, 11) is 1.31. The zero-order chi connectivity index (χ0) is 14.5.